The molecule has 0 rings (SSSR count). The van der Waals surface area contributed by atoms with E-state index in [4.69, 9.17) is 0 Å². The van der Waals surface area contributed by atoms with Crippen molar-refractivity contribution in [3.63, 3.8) is 0 Å². The van der Waals surface area contributed by atoms with Gasteiger partial charge in [-0.15, -0.1) is 0 Å². The molecule has 2 N–H and O–H groups in total. The number of nitrogens with one attached hydrogen (secondary N) is 1. The highest BCUT2D eigenvalue weighted by Gasteiger charge is 2.28. The molecule has 17 heavy (non-hydrogen) atoms. The Bertz CT molecular complexity index is 245. The fourth-order valence-corrected chi connectivity index (χ4v) is 1.36. The van der Waals surface area contributed by atoms with Crippen molar-refractivity contribution in [2.45, 2.75) is 66.4 Å². The highest BCUT2D eigenvalue weighted by molar-refractivity contribution is 5.81. The van der Waals surface area contributed by atoms with Crippen LogP contribution in [0.1, 0.15) is 60.8 Å². The molecule has 1 unspecified atom stereocenters. The van der Waals surface area contributed by atoms with Crippen molar-refractivity contribution in [2.75, 3.05) is 6.54 Å². The number of hydrogen-bond acceptors (Lipinski definition) is 2. The van der Waals surface area contributed by atoms with Crippen molar-refractivity contribution < 1.29 is 9.90 Å². The standard InChI is InChI=1S/C14H29NO2/c1-7-13(4,5)12(16)15-10-14(6,17)9-8-11(2)3/h11,17H,7-10H2,1-6H3,(H,15,16). The van der Waals surface area contributed by atoms with Gasteiger partial charge in [0.25, 0.3) is 0 Å². The van der Waals surface area contributed by atoms with Crippen LogP contribution in [0.2, 0.25) is 0 Å². The summed E-state index contributed by atoms with van der Waals surface area (Å²) < 4.78 is 0. The average molecular weight is 243 g/mol. The van der Waals surface area contributed by atoms with E-state index in [-0.39, 0.29) is 11.3 Å². The normalized spacial score (nSPS) is 15.8. The minimum atomic E-state index is -0.802. The lowest BCUT2D eigenvalue weighted by Gasteiger charge is -2.28. The molecule has 3 nitrogen and oxygen atoms in total. The average Bonchev–Trinajstić information content (AvgIpc) is 2.23. The summed E-state index contributed by atoms with van der Waals surface area (Å²) in [5, 5.41) is 13.0. The summed E-state index contributed by atoms with van der Waals surface area (Å²) in [7, 11) is 0. The van der Waals surface area contributed by atoms with Crippen molar-refractivity contribution in [2.24, 2.45) is 11.3 Å². The van der Waals surface area contributed by atoms with Gasteiger partial charge >= 0.3 is 0 Å². The van der Waals surface area contributed by atoms with Crippen molar-refractivity contribution >= 4 is 5.91 Å². The quantitative estimate of drug-likeness (QED) is 0.722. The molecule has 0 aromatic heterocycles. The summed E-state index contributed by atoms with van der Waals surface area (Å²) in [6, 6.07) is 0. The Morgan fingerprint density at radius 2 is 1.82 bits per heavy atom. The third kappa shape index (κ3) is 6.67. The second-order valence-electron chi connectivity index (χ2n) is 6.35. The first-order valence-electron chi connectivity index (χ1n) is 6.61. The van der Waals surface area contributed by atoms with Crippen LogP contribution in [0.5, 0.6) is 0 Å². The number of amides is 1. The van der Waals surface area contributed by atoms with E-state index < -0.39 is 5.60 Å². The van der Waals surface area contributed by atoms with Gasteiger partial charge in [-0.25, -0.2) is 0 Å². The van der Waals surface area contributed by atoms with E-state index in [2.05, 4.69) is 19.2 Å². The second kappa shape index (κ2) is 6.39. The van der Waals surface area contributed by atoms with Crippen molar-refractivity contribution in [1.29, 1.82) is 0 Å². The lowest BCUT2D eigenvalue weighted by atomic mass is 9.88. The minimum Gasteiger partial charge on any atom is -0.388 e. The van der Waals surface area contributed by atoms with Crippen LogP contribution in [0.25, 0.3) is 0 Å². The zero-order chi connectivity index (χ0) is 13.7. The largest absolute Gasteiger partial charge is 0.388 e. The van der Waals surface area contributed by atoms with Gasteiger partial charge in [0.15, 0.2) is 0 Å². The van der Waals surface area contributed by atoms with E-state index in [1.54, 1.807) is 6.92 Å². The Morgan fingerprint density at radius 1 is 1.29 bits per heavy atom. The van der Waals surface area contributed by atoms with E-state index in [0.29, 0.717) is 12.5 Å². The van der Waals surface area contributed by atoms with Crippen molar-refractivity contribution in [3.05, 3.63) is 0 Å². The Balaban J connectivity index is 4.13. The van der Waals surface area contributed by atoms with Crippen LogP contribution in [0.4, 0.5) is 0 Å². The van der Waals surface area contributed by atoms with E-state index in [9.17, 15) is 9.90 Å². The Morgan fingerprint density at radius 3 is 2.24 bits per heavy atom. The first-order valence-corrected chi connectivity index (χ1v) is 6.61. The maximum atomic E-state index is 11.9. The predicted octanol–water partition coefficient (Wildman–Crippen LogP) is 2.73. The molecule has 0 saturated carbocycles. The van der Waals surface area contributed by atoms with Crippen LogP contribution in [-0.4, -0.2) is 23.2 Å². The first kappa shape index (κ1) is 16.4. The van der Waals surface area contributed by atoms with Crippen LogP contribution in [0.3, 0.4) is 0 Å². The lowest BCUT2D eigenvalue weighted by Crippen LogP contribution is -2.45. The van der Waals surface area contributed by atoms with Crippen LogP contribution in [-0.2, 0) is 4.79 Å². The summed E-state index contributed by atoms with van der Waals surface area (Å²) in [6.07, 6.45) is 2.49. The number of carbonyl (C=O) groups is 1. The molecule has 0 bridgehead atoms. The summed E-state index contributed by atoms with van der Waals surface area (Å²) in [6.45, 7) is 12.2. The fraction of sp³-hybridized carbons (Fsp3) is 0.929. The van der Waals surface area contributed by atoms with Crippen LogP contribution in [0, 0.1) is 11.3 Å². The molecule has 1 atom stereocenters. The highest BCUT2D eigenvalue weighted by Crippen LogP contribution is 2.20. The van der Waals surface area contributed by atoms with E-state index in [1.165, 1.54) is 0 Å². The van der Waals surface area contributed by atoms with Crippen molar-refractivity contribution in [3.8, 4) is 0 Å². The Labute approximate surface area is 106 Å². The first-order chi connectivity index (χ1) is 7.60. The zero-order valence-corrected chi connectivity index (χ0v) is 12.3. The van der Waals surface area contributed by atoms with Gasteiger partial charge in [-0.2, -0.15) is 0 Å². The molecule has 102 valence electrons. The molecule has 0 heterocycles. The summed E-state index contributed by atoms with van der Waals surface area (Å²) in [5.74, 6) is 0.592. The van der Waals surface area contributed by atoms with E-state index in [1.807, 2.05) is 20.8 Å². The maximum absolute atomic E-state index is 11.9. The Kier molecular flexibility index (Phi) is 6.17. The molecular weight excluding hydrogens is 214 g/mol. The smallest absolute Gasteiger partial charge is 0.225 e. The molecule has 0 aliphatic rings. The summed E-state index contributed by atoms with van der Waals surface area (Å²) in [5.41, 5.74) is -1.15. The molecule has 1 amide bonds. The molecule has 0 aromatic carbocycles. The molecule has 0 aliphatic heterocycles. The molecule has 0 aromatic rings. The van der Waals surface area contributed by atoms with Crippen LogP contribution in [0.15, 0.2) is 0 Å². The Hall–Kier alpha value is -0.570. The second-order valence-corrected chi connectivity index (χ2v) is 6.35. The number of aliphatic hydroxyl groups is 1. The van der Waals surface area contributed by atoms with Gasteiger partial charge in [0.05, 0.1) is 5.60 Å². The molecule has 0 radical (unpaired) electrons. The van der Waals surface area contributed by atoms with E-state index in [0.717, 1.165) is 19.3 Å². The van der Waals surface area contributed by atoms with Crippen LogP contribution < -0.4 is 5.32 Å². The molecular formula is C14H29NO2. The van der Waals surface area contributed by atoms with Crippen molar-refractivity contribution in [1.82, 2.24) is 5.32 Å². The highest BCUT2D eigenvalue weighted by atomic mass is 16.3. The number of hydrogen-bond donors (Lipinski definition) is 2. The van der Waals surface area contributed by atoms with Crippen LogP contribution >= 0.6 is 0 Å². The monoisotopic (exact) mass is 243 g/mol. The molecule has 0 aliphatic carbocycles. The van der Waals surface area contributed by atoms with Gasteiger partial charge in [0.1, 0.15) is 0 Å². The third-order valence-electron chi connectivity index (χ3n) is 3.39. The molecule has 0 spiro atoms. The molecule has 0 fully saturated rings. The summed E-state index contributed by atoms with van der Waals surface area (Å²) in [4.78, 5) is 11.9. The fourth-order valence-electron chi connectivity index (χ4n) is 1.36. The van der Waals surface area contributed by atoms with E-state index >= 15 is 0 Å². The van der Waals surface area contributed by atoms with Gasteiger partial charge in [-0.3, -0.25) is 4.79 Å². The van der Waals surface area contributed by atoms with Gasteiger partial charge in [-0.05, 0) is 32.1 Å². The molecule has 0 saturated heterocycles. The number of rotatable bonds is 7. The van der Waals surface area contributed by atoms with Gasteiger partial charge < -0.3 is 10.4 Å². The number of carbonyl (C=O) groups excluding carboxylic acids is 1. The SMILES string of the molecule is CCC(C)(C)C(=O)NCC(C)(O)CCC(C)C. The summed E-state index contributed by atoms with van der Waals surface area (Å²) >= 11 is 0. The van der Waals surface area contributed by atoms with Gasteiger partial charge in [0, 0.05) is 12.0 Å². The maximum Gasteiger partial charge on any atom is 0.225 e. The molecule has 3 heteroatoms. The zero-order valence-electron chi connectivity index (χ0n) is 12.3. The topological polar surface area (TPSA) is 49.3 Å². The van der Waals surface area contributed by atoms with Gasteiger partial charge in [-0.1, -0.05) is 34.6 Å². The predicted molar refractivity (Wildman–Crippen MR) is 71.8 cm³/mol. The third-order valence-corrected chi connectivity index (χ3v) is 3.39. The van der Waals surface area contributed by atoms with Gasteiger partial charge in [0.2, 0.25) is 5.91 Å². The lowest BCUT2D eigenvalue weighted by molar-refractivity contribution is -0.130. The minimum absolute atomic E-state index is 0.0184.